The first-order valence-electron chi connectivity index (χ1n) is 10.6. The first-order valence-corrected chi connectivity index (χ1v) is 10.6. The lowest BCUT2D eigenvalue weighted by molar-refractivity contribution is -0.146. The highest BCUT2D eigenvalue weighted by atomic mass is 16.2. The summed E-state index contributed by atoms with van der Waals surface area (Å²) in [5.41, 5.74) is 1.54. The molecule has 148 valence electrons. The molecule has 6 nitrogen and oxygen atoms in total. The Morgan fingerprint density at radius 1 is 1.21 bits per heavy atom. The minimum Gasteiger partial charge on any atom is -0.342 e. The van der Waals surface area contributed by atoms with E-state index in [1.807, 2.05) is 39.9 Å². The predicted octanol–water partition coefficient (Wildman–Crippen LogP) is 2.52. The van der Waals surface area contributed by atoms with E-state index >= 15 is 0 Å². The molecule has 3 aliphatic rings. The van der Waals surface area contributed by atoms with Crippen molar-refractivity contribution < 1.29 is 9.59 Å². The number of aromatic nitrogens is 2. The zero-order valence-electron chi connectivity index (χ0n) is 16.3. The summed E-state index contributed by atoms with van der Waals surface area (Å²) in [7, 11) is 0. The number of carbonyl (C=O) groups is 2. The molecule has 2 aromatic rings. The van der Waals surface area contributed by atoms with Gasteiger partial charge >= 0.3 is 0 Å². The second-order valence-corrected chi connectivity index (χ2v) is 8.84. The lowest BCUT2D eigenvalue weighted by Gasteiger charge is -2.39. The van der Waals surface area contributed by atoms with E-state index in [2.05, 4.69) is 9.88 Å². The number of amides is 2. The maximum atomic E-state index is 13.1. The van der Waals surface area contributed by atoms with Crippen LogP contribution in [0.25, 0.3) is 5.65 Å². The van der Waals surface area contributed by atoms with Crippen LogP contribution in [-0.2, 0) is 16.0 Å². The van der Waals surface area contributed by atoms with Gasteiger partial charge in [0.2, 0.25) is 11.8 Å². The molecule has 2 aromatic heterocycles. The topological polar surface area (TPSA) is 57.9 Å². The summed E-state index contributed by atoms with van der Waals surface area (Å²) >= 11 is 0. The van der Waals surface area contributed by atoms with E-state index in [1.165, 1.54) is 12.8 Å². The molecule has 1 spiro atoms. The first-order chi connectivity index (χ1) is 13.6. The number of hydrogen-bond donors (Lipinski definition) is 0. The SMILES string of the molecule is O=C(CCc1cn2ccccc2n1)N1CCC2(CCCN(CC3CC3)C2=O)C1. The smallest absolute Gasteiger partial charge is 0.230 e. The Kier molecular flexibility index (Phi) is 4.37. The Bertz CT molecular complexity index is 870. The van der Waals surface area contributed by atoms with Gasteiger partial charge in [-0.15, -0.1) is 0 Å². The number of rotatable bonds is 5. The third kappa shape index (κ3) is 3.29. The second kappa shape index (κ2) is 6.90. The highest BCUT2D eigenvalue weighted by Gasteiger charge is 2.49. The van der Waals surface area contributed by atoms with Gasteiger partial charge in [0, 0.05) is 45.0 Å². The van der Waals surface area contributed by atoms with Crippen molar-refractivity contribution in [3.05, 3.63) is 36.3 Å². The summed E-state index contributed by atoms with van der Waals surface area (Å²) in [5, 5.41) is 0. The van der Waals surface area contributed by atoms with Crippen molar-refractivity contribution in [3.63, 3.8) is 0 Å². The van der Waals surface area contributed by atoms with E-state index < -0.39 is 0 Å². The summed E-state index contributed by atoms with van der Waals surface area (Å²) < 4.78 is 1.99. The highest BCUT2D eigenvalue weighted by Crippen LogP contribution is 2.41. The molecule has 1 saturated carbocycles. The number of piperidine rings is 1. The number of nitrogens with zero attached hydrogens (tertiary/aromatic N) is 4. The fourth-order valence-electron chi connectivity index (χ4n) is 4.90. The van der Waals surface area contributed by atoms with Gasteiger partial charge in [-0.1, -0.05) is 6.07 Å². The molecular weight excluding hydrogens is 352 g/mol. The summed E-state index contributed by atoms with van der Waals surface area (Å²) in [6.45, 7) is 3.16. The minimum absolute atomic E-state index is 0.154. The van der Waals surface area contributed by atoms with Crippen molar-refractivity contribution in [1.82, 2.24) is 19.2 Å². The van der Waals surface area contributed by atoms with Crippen molar-refractivity contribution in [1.29, 1.82) is 0 Å². The maximum absolute atomic E-state index is 13.1. The van der Waals surface area contributed by atoms with Crippen LogP contribution in [0.15, 0.2) is 30.6 Å². The third-order valence-corrected chi connectivity index (χ3v) is 6.72. The van der Waals surface area contributed by atoms with E-state index in [0.29, 0.717) is 31.8 Å². The summed E-state index contributed by atoms with van der Waals surface area (Å²) in [4.78, 5) is 34.5. The normalized spacial score (nSPS) is 25.2. The van der Waals surface area contributed by atoms with Gasteiger partial charge in [-0.3, -0.25) is 9.59 Å². The second-order valence-electron chi connectivity index (χ2n) is 8.84. The molecule has 3 fully saturated rings. The van der Waals surface area contributed by atoms with Gasteiger partial charge in [-0.05, 0) is 56.6 Å². The Morgan fingerprint density at radius 3 is 2.93 bits per heavy atom. The van der Waals surface area contributed by atoms with E-state index in [-0.39, 0.29) is 11.3 Å². The maximum Gasteiger partial charge on any atom is 0.230 e. The van der Waals surface area contributed by atoms with Crippen LogP contribution in [0.4, 0.5) is 0 Å². The number of fused-ring (bicyclic) bond motifs is 1. The van der Waals surface area contributed by atoms with Crippen LogP contribution in [-0.4, -0.2) is 57.2 Å². The quantitative estimate of drug-likeness (QED) is 0.801. The monoisotopic (exact) mass is 380 g/mol. The van der Waals surface area contributed by atoms with Gasteiger partial charge in [-0.25, -0.2) is 4.98 Å². The fourth-order valence-corrected chi connectivity index (χ4v) is 4.90. The summed E-state index contributed by atoms with van der Waals surface area (Å²) in [6, 6.07) is 5.91. The van der Waals surface area contributed by atoms with Crippen molar-refractivity contribution in [2.45, 2.75) is 44.9 Å². The average Bonchev–Trinajstić information content (AvgIpc) is 3.26. The van der Waals surface area contributed by atoms with Crippen LogP contribution in [0.1, 0.15) is 44.2 Å². The van der Waals surface area contributed by atoms with E-state index in [4.69, 9.17) is 0 Å². The van der Waals surface area contributed by atoms with E-state index in [9.17, 15) is 9.59 Å². The molecular formula is C22H28N4O2. The van der Waals surface area contributed by atoms with Crippen LogP contribution >= 0.6 is 0 Å². The zero-order valence-corrected chi connectivity index (χ0v) is 16.3. The average molecular weight is 380 g/mol. The molecule has 6 heteroatoms. The van der Waals surface area contributed by atoms with Crippen LogP contribution in [0.5, 0.6) is 0 Å². The number of aryl methyl sites for hydroxylation is 1. The Labute approximate surface area is 165 Å². The molecule has 1 aliphatic carbocycles. The molecule has 2 aliphatic heterocycles. The zero-order chi connectivity index (χ0) is 19.1. The van der Waals surface area contributed by atoms with Crippen LogP contribution in [0, 0.1) is 11.3 Å². The number of pyridine rings is 1. The molecule has 4 heterocycles. The Hall–Kier alpha value is -2.37. The van der Waals surface area contributed by atoms with Crippen LogP contribution < -0.4 is 0 Å². The van der Waals surface area contributed by atoms with Gasteiger partial charge in [0.15, 0.2) is 0 Å². The van der Waals surface area contributed by atoms with Gasteiger partial charge in [0.25, 0.3) is 0 Å². The number of carbonyl (C=O) groups excluding carboxylic acids is 2. The largest absolute Gasteiger partial charge is 0.342 e. The lowest BCUT2D eigenvalue weighted by atomic mass is 9.78. The van der Waals surface area contributed by atoms with Gasteiger partial charge in [0.1, 0.15) is 5.65 Å². The number of hydrogen-bond acceptors (Lipinski definition) is 3. The lowest BCUT2D eigenvalue weighted by Crippen LogP contribution is -2.50. The standard InChI is InChI=1S/C22H28N4O2/c27-20(8-7-18-15-24-11-2-1-4-19(24)23-18)26-13-10-22(16-26)9-3-12-25(21(22)28)14-17-5-6-17/h1-2,4,11,15,17H,3,5-10,12-14,16H2. The molecule has 28 heavy (non-hydrogen) atoms. The Morgan fingerprint density at radius 2 is 2.11 bits per heavy atom. The van der Waals surface area contributed by atoms with Crippen LogP contribution in [0.2, 0.25) is 0 Å². The van der Waals surface area contributed by atoms with Gasteiger partial charge in [0.05, 0.1) is 11.1 Å². The summed E-state index contributed by atoms with van der Waals surface area (Å²) in [5.74, 6) is 1.19. The molecule has 0 aromatic carbocycles. The highest BCUT2D eigenvalue weighted by molar-refractivity contribution is 5.86. The minimum atomic E-state index is -0.314. The molecule has 2 saturated heterocycles. The van der Waals surface area contributed by atoms with Crippen molar-refractivity contribution in [2.24, 2.45) is 11.3 Å². The van der Waals surface area contributed by atoms with Gasteiger partial charge < -0.3 is 14.2 Å². The van der Waals surface area contributed by atoms with Crippen LogP contribution in [0.3, 0.4) is 0 Å². The molecule has 1 atom stereocenters. The molecule has 0 radical (unpaired) electrons. The van der Waals surface area contributed by atoms with E-state index in [0.717, 1.165) is 49.6 Å². The third-order valence-electron chi connectivity index (χ3n) is 6.72. The molecule has 0 N–H and O–H groups in total. The Balaban J connectivity index is 1.20. The van der Waals surface area contributed by atoms with E-state index in [1.54, 1.807) is 0 Å². The first kappa shape index (κ1) is 17.7. The number of imidazole rings is 1. The summed E-state index contributed by atoms with van der Waals surface area (Å²) in [6.07, 6.45) is 10.4. The molecule has 2 amide bonds. The van der Waals surface area contributed by atoms with Crippen molar-refractivity contribution in [3.8, 4) is 0 Å². The predicted molar refractivity (Wildman–Crippen MR) is 106 cm³/mol. The molecule has 1 unspecified atom stereocenters. The van der Waals surface area contributed by atoms with Crippen molar-refractivity contribution in [2.75, 3.05) is 26.2 Å². The molecule has 0 bridgehead atoms. The number of likely N-dealkylation sites (tertiary alicyclic amines) is 2. The molecule has 5 rings (SSSR count). The fraction of sp³-hybridized carbons (Fsp3) is 0.591. The van der Waals surface area contributed by atoms with Crippen molar-refractivity contribution >= 4 is 17.5 Å². The van der Waals surface area contributed by atoms with Gasteiger partial charge in [-0.2, -0.15) is 0 Å².